The summed E-state index contributed by atoms with van der Waals surface area (Å²) in [5.41, 5.74) is 7.28. The van der Waals surface area contributed by atoms with Crippen molar-refractivity contribution >= 4 is 18.3 Å². The predicted octanol–water partition coefficient (Wildman–Crippen LogP) is 3.16. The number of halogens is 1. The zero-order valence-corrected chi connectivity index (χ0v) is 15.7. The second kappa shape index (κ2) is 7.14. The normalized spacial score (nSPS) is 15.8. The molecule has 1 aromatic carbocycles. The molecule has 0 atom stereocenters. The number of amides is 1. The van der Waals surface area contributed by atoms with E-state index in [1.54, 1.807) is 0 Å². The third-order valence-corrected chi connectivity index (χ3v) is 4.45. The highest BCUT2D eigenvalue weighted by Gasteiger charge is 2.39. The van der Waals surface area contributed by atoms with Gasteiger partial charge in [0.15, 0.2) is 5.82 Å². The molecule has 0 aliphatic heterocycles. The van der Waals surface area contributed by atoms with Crippen molar-refractivity contribution in [2.24, 2.45) is 11.1 Å². The minimum absolute atomic E-state index is 0. The summed E-state index contributed by atoms with van der Waals surface area (Å²) in [5.74, 6) is 1.10. The first-order chi connectivity index (χ1) is 11.3. The summed E-state index contributed by atoms with van der Waals surface area (Å²) in [5, 5.41) is 6.96. The van der Waals surface area contributed by atoms with Gasteiger partial charge in [-0.2, -0.15) is 4.98 Å². The van der Waals surface area contributed by atoms with Gasteiger partial charge in [-0.15, -0.1) is 12.4 Å². The Morgan fingerprint density at radius 2 is 1.92 bits per heavy atom. The predicted molar refractivity (Wildman–Crippen MR) is 98.0 cm³/mol. The maximum absolute atomic E-state index is 11.9. The van der Waals surface area contributed by atoms with E-state index in [0.29, 0.717) is 18.3 Å². The lowest BCUT2D eigenvalue weighted by atomic mass is 9.77. The highest BCUT2D eigenvalue weighted by atomic mass is 35.5. The number of rotatable bonds is 4. The second-order valence-corrected chi connectivity index (χ2v) is 7.56. The first kappa shape index (κ1) is 19.4. The fraction of sp³-hybridized carbons (Fsp3) is 0.500. The van der Waals surface area contributed by atoms with Crippen LogP contribution in [0.2, 0.25) is 0 Å². The van der Waals surface area contributed by atoms with Crippen LogP contribution >= 0.6 is 12.4 Å². The SMILES string of the molecule is CC(C)(C)C(=O)NCc1ccc(-c2nc(C3(N)CCC3)no2)cc1.Cl. The maximum atomic E-state index is 11.9. The molecule has 1 fully saturated rings. The monoisotopic (exact) mass is 364 g/mol. The summed E-state index contributed by atoms with van der Waals surface area (Å²) in [6.45, 7) is 6.18. The molecule has 0 spiro atoms. The summed E-state index contributed by atoms with van der Waals surface area (Å²) in [6, 6.07) is 7.73. The zero-order valence-electron chi connectivity index (χ0n) is 14.8. The second-order valence-electron chi connectivity index (χ2n) is 7.56. The van der Waals surface area contributed by atoms with E-state index in [0.717, 1.165) is 30.4 Å². The van der Waals surface area contributed by atoms with Crippen molar-refractivity contribution in [1.82, 2.24) is 15.5 Å². The van der Waals surface area contributed by atoms with E-state index in [4.69, 9.17) is 10.3 Å². The number of carbonyl (C=O) groups is 1. The Morgan fingerprint density at radius 3 is 2.44 bits per heavy atom. The molecule has 3 N–H and O–H groups in total. The Balaban J connectivity index is 0.00000225. The Hall–Kier alpha value is -1.92. The van der Waals surface area contributed by atoms with Crippen molar-refractivity contribution in [2.75, 3.05) is 0 Å². The van der Waals surface area contributed by atoms with Gasteiger partial charge in [0.05, 0.1) is 5.54 Å². The average Bonchev–Trinajstić information content (AvgIpc) is 3.00. The van der Waals surface area contributed by atoms with Crippen molar-refractivity contribution in [3.8, 4) is 11.5 Å². The number of aromatic nitrogens is 2. The van der Waals surface area contributed by atoms with Crippen molar-refractivity contribution < 1.29 is 9.32 Å². The summed E-state index contributed by atoms with van der Waals surface area (Å²) < 4.78 is 5.34. The van der Waals surface area contributed by atoms with Crippen LogP contribution in [0, 0.1) is 5.41 Å². The molecule has 1 aromatic heterocycles. The van der Waals surface area contributed by atoms with Crippen LogP contribution in [0.1, 0.15) is 51.4 Å². The van der Waals surface area contributed by atoms with Gasteiger partial charge in [0.1, 0.15) is 0 Å². The van der Waals surface area contributed by atoms with Crippen LogP contribution in [0.15, 0.2) is 28.8 Å². The van der Waals surface area contributed by atoms with Gasteiger partial charge in [0.25, 0.3) is 5.89 Å². The van der Waals surface area contributed by atoms with Crippen LogP contribution in [-0.2, 0) is 16.9 Å². The van der Waals surface area contributed by atoms with Crippen molar-refractivity contribution in [1.29, 1.82) is 0 Å². The molecule has 0 saturated heterocycles. The van der Waals surface area contributed by atoms with Crippen molar-refractivity contribution in [3.63, 3.8) is 0 Å². The molecule has 3 rings (SSSR count). The molecule has 6 nitrogen and oxygen atoms in total. The molecule has 0 radical (unpaired) electrons. The Kier molecular flexibility index (Phi) is 5.54. The molecule has 1 amide bonds. The maximum Gasteiger partial charge on any atom is 0.257 e. The van der Waals surface area contributed by atoms with Crippen molar-refractivity contribution in [3.05, 3.63) is 35.7 Å². The summed E-state index contributed by atoms with van der Waals surface area (Å²) in [7, 11) is 0. The largest absolute Gasteiger partial charge is 0.352 e. The van der Waals surface area contributed by atoms with Crippen LogP contribution in [-0.4, -0.2) is 16.0 Å². The van der Waals surface area contributed by atoms with Crippen molar-refractivity contribution in [2.45, 2.75) is 52.1 Å². The summed E-state index contributed by atoms with van der Waals surface area (Å²) >= 11 is 0. The quantitative estimate of drug-likeness (QED) is 0.869. The summed E-state index contributed by atoms with van der Waals surface area (Å²) in [6.07, 6.45) is 2.91. The Labute approximate surface area is 154 Å². The van der Waals surface area contributed by atoms with Crippen LogP contribution < -0.4 is 11.1 Å². The number of benzene rings is 1. The van der Waals surface area contributed by atoms with Crippen LogP contribution in [0.25, 0.3) is 11.5 Å². The van der Waals surface area contributed by atoms with E-state index >= 15 is 0 Å². The zero-order chi connectivity index (χ0) is 17.4. The number of hydrogen-bond acceptors (Lipinski definition) is 5. The molecule has 136 valence electrons. The highest BCUT2D eigenvalue weighted by Crippen LogP contribution is 2.37. The first-order valence-corrected chi connectivity index (χ1v) is 8.29. The topological polar surface area (TPSA) is 94.0 Å². The molecular weight excluding hydrogens is 340 g/mol. The number of carbonyl (C=O) groups excluding carboxylic acids is 1. The molecule has 1 heterocycles. The molecular formula is C18H25ClN4O2. The Bertz CT molecular complexity index is 730. The van der Waals surface area contributed by atoms with Gasteiger partial charge in [-0.1, -0.05) is 38.1 Å². The van der Waals surface area contributed by atoms with Gasteiger partial charge in [-0.25, -0.2) is 0 Å². The number of nitrogens with two attached hydrogens (primary N) is 1. The molecule has 0 unspecified atom stereocenters. The fourth-order valence-electron chi connectivity index (χ4n) is 2.54. The smallest absolute Gasteiger partial charge is 0.257 e. The van der Waals surface area contributed by atoms with E-state index in [9.17, 15) is 4.79 Å². The van der Waals surface area contributed by atoms with Crippen LogP contribution in [0.3, 0.4) is 0 Å². The molecule has 1 aliphatic rings. The standard InChI is InChI=1S/C18H24N4O2.ClH/c1-17(2,3)16(23)20-11-12-5-7-13(8-6-12)14-21-15(22-24-14)18(19)9-4-10-18;/h5-8H,4,9-11,19H2,1-3H3,(H,20,23);1H. The van der Waals surface area contributed by atoms with Gasteiger partial charge in [-0.05, 0) is 37.0 Å². The van der Waals surface area contributed by atoms with Gasteiger partial charge >= 0.3 is 0 Å². The van der Waals surface area contributed by atoms with E-state index in [1.165, 1.54) is 0 Å². The Morgan fingerprint density at radius 1 is 1.28 bits per heavy atom. The molecule has 7 heteroatoms. The first-order valence-electron chi connectivity index (χ1n) is 8.29. The lowest BCUT2D eigenvalue weighted by molar-refractivity contribution is -0.128. The van der Waals surface area contributed by atoms with E-state index < -0.39 is 5.54 Å². The van der Waals surface area contributed by atoms with Crippen LogP contribution in [0.5, 0.6) is 0 Å². The lowest BCUT2D eigenvalue weighted by Gasteiger charge is -2.34. The minimum Gasteiger partial charge on any atom is -0.352 e. The van der Waals surface area contributed by atoms with E-state index in [-0.39, 0.29) is 23.7 Å². The van der Waals surface area contributed by atoms with Crippen LogP contribution in [0.4, 0.5) is 0 Å². The highest BCUT2D eigenvalue weighted by molar-refractivity contribution is 5.85. The number of nitrogens with one attached hydrogen (secondary N) is 1. The lowest BCUT2D eigenvalue weighted by Crippen LogP contribution is -2.44. The summed E-state index contributed by atoms with van der Waals surface area (Å²) in [4.78, 5) is 16.3. The van der Waals surface area contributed by atoms with Gasteiger partial charge in [0.2, 0.25) is 5.91 Å². The molecule has 2 aromatic rings. The third-order valence-electron chi connectivity index (χ3n) is 4.45. The fourth-order valence-corrected chi connectivity index (χ4v) is 2.54. The molecule has 1 aliphatic carbocycles. The molecule has 0 bridgehead atoms. The molecule has 25 heavy (non-hydrogen) atoms. The molecule has 1 saturated carbocycles. The van der Waals surface area contributed by atoms with E-state index in [2.05, 4.69) is 15.5 Å². The average molecular weight is 365 g/mol. The number of nitrogens with zero attached hydrogens (tertiary/aromatic N) is 2. The third kappa shape index (κ3) is 4.19. The van der Waals surface area contributed by atoms with Gasteiger partial charge in [0, 0.05) is 17.5 Å². The van der Waals surface area contributed by atoms with Gasteiger partial charge in [-0.3, -0.25) is 4.79 Å². The minimum atomic E-state index is -0.418. The van der Waals surface area contributed by atoms with E-state index in [1.807, 2.05) is 45.0 Å². The number of hydrogen-bond donors (Lipinski definition) is 2. The van der Waals surface area contributed by atoms with Gasteiger partial charge < -0.3 is 15.6 Å².